The summed E-state index contributed by atoms with van der Waals surface area (Å²) in [5.74, 6) is -0.793. The van der Waals surface area contributed by atoms with E-state index < -0.39 is 22.0 Å². The number of amides is 1. The summed E-state index contributed by atoms with van der Waals surface area (Å²) < 4.78 is 37.2. The van der Waals surface area contributed by atoms with Gasteiger partial charge >= 0.3 is 0 Å². The lowest BCUT2D eigenvalue weighted by atomic mass is 10.2. The largest absolute Gasteiger partial charge is 0.376 e. The summed E-state index contributed by atoms with van der Waals surface area (Å²) in [6, 6.07) is 4.27. The Balaban J connectivity index is 2.00. The fraction of sp³-hybridized carbons (Fsp3) is 0.500. The lowest BCUT2D eigenvalue weighted by molar-refractivity contribution is -0.131. The highest BCUT2D eigenvalue weighted by molar-refractivity contribution is 7.90. The number of sulfonamides is 1. The average Bonchev–Trinajstić information content (AvgIpc) is 2.96. The number of hydrogen-bond donors (Lipinski definition) is 1. The first-order chi connectivity index (χ1) is 10.8. The van der Waals surface area contributed by atoms with Crippen molar-refractivity contribution in [2.24, 2.45) is 0 Å². The van der Waals surface area contributed by atoms with Crippen LogP contribution in [0.1, 0.15) is 19.8 Å². The van der Waals surface area contributed by atoms with E-state index in [4.69, 9.17) is 32.7 Å². The number of carbonyl (C=O) groups excluding carboxylic acids is 1. The molecule has 1 aromatic rings. The third-order valence-corrected chi connectivity index (χ3v) is 5.65. The van der Waals surface area contributed by atoms with Crippen LogP contribution in [0.2, 0.25) is 10.0 Å². The van der Waals surface area contributed by atoms with Gasteiger partial charge in [-0.05, 0) is 31.9 Å². The molecule has 1 heterocycles. The van der Waals surface area contributed by atoms with Crippen LogP contribution in [-0.2, 0) is 24.3 Å². The number of carbonyl (C=O) groups is 1. The fourth-order valence-electron chi connectivity index (χ4n) is 2.11. The highest BCUT2D eigenvalue weighted by Gasteiger charge is 2.27. The maximum absolute atomic E-state index is 12.3. The summed E-state index contributed by atoms with van der Waals surface area (Å²) in [5, 5.41) is -0.128. The number of halogens is 2. The summed E-state index contributed by atoms with van der Waals surface area (Å²) in [7, 11) is -4.18. The highest BCUT2D eigenvalue weighted by atomic mass is 35.5. The topological polar surface area (TPSA) is 81.7 Å². The Labute approximate surface area is 145 Å². The van der Waals surface area contributed by atoms with E-state index in [-0.39, 0.29) is 27.7 Å². The molecule has 0 spiro atoms. The van der Waals surface area contributed by atoms with Gasteiger partial charge in [0.05, 0.1) is 22.8 Å². The van der Waals surface area contributed by atoms with Gasteiger partial charge in [0.15, 0.2) is 0 Å². The predicted octanol–water partition coefficient (Wildman–Crippen LogP) is 2.38. The molecule has 1 aliphatic rings. The van der Waals surface area contributed by atoms with Crippen LogP contribution in [0.4, 0.5) is 0 Å². The minimum atomic E-state index is -4.18. The standard InChI is InChI=1S/C14H17Cl2NO5S/c1-9(22-8-10-4-3-7-21-10)14(18)17-23(19,20)13-11(15)5-2-6-12(13)16/h2,5-6,9-10H,3-4,7-8H2,1H3,(H,17,18). The minimum absolute atomic E-state index is 0.0557. The SMILES string of the molecule is CC(OCC1CCCO1)C(=O)NS(=O)(=O)c1c(Cl)cccc1Cl. The smallest absolute Gasteiger partial charge is 0.267 e. The van der Waals surface area contributed by atoms with Crippen molar-refractivity contribution in [1.29, 1.82) is 0 Å². The molecule has 0 radical (unpaired) electrons. The van der Waals surface area contributed by atoms with Crippen molar-refractivity contribution in [3.63, 3.8) is 0 Å². The molecule has 0 aliphatic carbocycles. The lowest BCUT2D eigenvalue weighted by Gasteiger charge is -2.16. The van der Waals surface area contributed by atoms with Gasteiger partial charge in [0.1, 0.15) is 11.0 Å². The molecular formula is C14H17Cl2NO5S. The summed E-state index contributed by atoms with van der Waals surface area (Å²) >= 11 is 11.7. The molecule has 0 bridgehead atoms. The summed E-state index contributed by atoms with van der Waals surface area (Å²) in [5.41, 5.74) is 0. The van der Waals surface area contributed by atoms with Crippen LogP contribution < -0.4 is 4.72 Å². The van der Waals surface area contributed by atoms with Crippen molar-refractivity contribution < 1.29 is 22.7 Å². The number of benzene rings is 1. The Bertz CT molecular complexity index is 653. The zero-order valence-electron chi connectivity index (χ0n) is 12.4. The second-order valence-corrected chi connectivity index (χ2v) is 7.56. The van der Waals surface area contributed by atoms with E-state index >= 15 is 0 Å². The molecule has 6 nitrogen and oxygen atoms in total. The molecule has 1 amide bonds. The summed E-state index contributed by atoms with van der Waals surface area (Å²) in [4.78, 5) is 11.7. The first-order valence-corrected chi connectivity index (χ1v) is 9.29. The molecule has 2 rings (SSSR count). The van der Waals surface area contributed by atoms with Gasteiger partial charge in [-0.1, -0.05) is 29.3 Å². The second-order valence-electron chi connectivity index (χ2n) is 5.13. The molecular weight excluding hydrogens is 365 g/mol. The van der Waals surface area contributed by atoms with Crippen molar-refractivity contribution in [1.82, 2.24) is 4.72 Å². The zero-order valence-corrected chi connectivity index (χ0v) is 14.7. The van der Waals surface area contributed by atoms with Crippen LogP contribution in [0.3, 0.4) is 0 Å². The second kappa shape index (κ2) is 7.81. The average molecular weight is 382 g/mol. The molecule has 2 atom stereocenters. The molecule has 23 heavy (non-hydrogen) atoms. The van der Waals surface area contributed by atoms with E-state index in [1.54, 1.807) is 0 Å². The first-order valence-electron chi connectivity index (χ1n) is 7.05. The molecule has 1 N–H and O–H groups in total. The minimum Gasteiger partial charge on any atom is -0.376 e. The predicted molar refractivity (Wildman–Crippen MR) is 86.2 cm³/mol. The van der Waals surface area contributed by atoms with Gasteiger partial charge in [-0.25, -0.2) is 13.1 Å². The number of nitrogens with one attached hydrogen (secondary N) is 1. The third-order valence-electron chi connectivity index (χ3n) is 3.35. The molecule has 1 saturated heterocycles. The van der Waals surface area contributed by atoms with Crippen LogP contribution in [0, 0.1) is 0 Å². The van der Waals surface area contributed by atoms with Crippen molar-refractivity contribution in [2.75, 3.05) is 13.2 Å². The maximum Gasteiger partial charge on any atom is 0.267 e. The van der Waals surface area contributed by atoms with Crippen LogP contribution in [-0.4, -0.2) is 39.7 Å². The van der Waals surface area contributed by atoms with Gasteiger partial charge in [0, 0.05) is 6.61 Å². The highest BCUT2D eigenvalue weighted by Crippen LogP contribution is 2.28. The monoisotopic (exact) mass is 381 g/mol. The van der Waals surface area contributed by atoms with E-state index in [0.717, 1.165) is 12.8 Å². The molecule has 0 saturated carbocycles. The Morgan fingerprint density at radius 3 is 2.65 bits per heavy atom. The Kier molecular flexibility index (Phi) is 6.27. The van der Waals surface area contributed by atoms with Crippen molar-refractivity contribution in [3.8, 4) is 0 Å². The number of hydrogen-bond acceptors (Lipinski definition) is 5. The van der Waals surface area contributed by atoms with Crippen LogP contribution in [0.25, 0.3) is 0 Å². The summed E-state index contributed by atoms with van der Waals surface area (Å²) in [6.45, 7) is 2.38. The van der Waals surface area contributed by atoms with Crippen molar-refractivity contribution in [3.05, 3.63) is 28.2 Å². The molecule has 9 heteroatoms. The van der Waals surface area contributed by atoms with E-state index in [9.17, 15) is 13.2 Å². The lowest BCUT2D eigenvalue weighted by Crippen LogP contribution is -2.39. The Morgan fingerprint density at radius 1 is 1.43 bits per heavy atom. The van der Waals surface area contributed by atoms with Crippen molar-refractivity contribution in [2.45, 2.75) is 36.9 Å². The van der Waals surface area contributed by atoms with Crippen molar-refractivity contribution >= 4 is 39.1 Å². The molecule has 0 aromatic heterocycles. The van der Waals surface area contributed by atoms with E-state index in [2.05, 4.69) is 0 Å². The maximum atomic E-state index is 12.3. The number of ether oxygens (including phenoxy) is 2. The summed E-state index contributed by atoms with van der Waals surface area (Å²) in [6.07, 6.45) is 0.811. The Hall–Kier alpha value is -0.860. The number of rotatable bonds is 6. The third kappa shape index (κ3) is 4.81. The van der Waals surface area contributed by atoms with Gasteiger partial charge in [0.25, 0.3) is 15.9 Å². The van der Waals surface area contributed by atoms with E-state index in [0.29, 0.717) is 6.61 Å². The van der Waals surface area contributed by atoms with Gasteiger partial charge in [-0.2, -0.15) is 0 Å². The molecule has 128 valence electrons. The quantitative estimate of drug-likeness (QED) is 0.817. The van der Waals surface area contributed by atoms with Gasteiger partial charge in [-0.15, -0.1) is 0 Å². The van der Waals surface area contributed by atoms with Crippen LogP contribution >= 0.6 is 23.2 Å². The molecule has 1 aliphatic heterocycles. The zero-order chi connectivity index (χ0) is 17.0. The molecule has 2 unspecified atom stereocenters. The normalized spacial score (nSPS) is 19.5. The first kappa shape index (κ1) is 18.5. The van der Waals surface area contributed by atoms with Gasteiger partial charge in [0.2, 0.25) is 0 Å². The molecule has 1 fully saturated rings. The van der Waals surface area contributed by atoms with Gasteiger partial charge < -0.3 is 9.47 Å². The van der Waals surface area contributed by atoms with E-state index in [1.165, 1.54) is 25.1 Å². The Morgan fingerprint density at radius 2 is 2.09 bits per heavy atom. The van der Waals surface area contributed by atoms with Crippen LogP contribution in [0.15, 0.2) is 23.1 Å². The van der Waals surface area contributed by atoms with Gasteiger partial charge in [-0.3, -0.25) is 4.79 Å². The van der Waals surface area contributed by atoms with E-state index in [1.807, 2.05) is 4.72 Å². The van der Waals surface area contributed by atoms with Crippen LogP contribution in [0.5, 0.6) is 0 Å². The fourth-order valence-corrected chi connectivity index (χ4v) is 4.30. The molecule has 1 aromatic carbocycles.